The molecule has 6 aliphatic rings. The van der Waals surface area contributed by atoms with Crippen molar-refractivity contribution in [2.45, 2.75) is 427 Å². The molecule has 1 saturated heterocycles. The zero-order valence-corrected chi connectivity index (χ0v) is 81.8. The number of carboxylic acid groups (broad SMARTS) is 1. The Hall–Kier alpha value is -6.41. The molecule has 2 aromatic heterocycles. The Balaban J connectivity index is 0.000000233. The second-order valence-electron chi connectivity index (χ2n) is 44.6. The number of nitrogens with zero attached hydrogens (tertiary/aromatic N) is 3. The van der Waals surface area contributed by atoms with Gasteiger partial charge in [-0.2, -0.15) is 0 Å². The summed E-state index contributed by atoms with van der Waals surface area (Å²) in [6.45, 7) is 59.9. The third-order valence-corrected chi connectivity index (χ3v) is 28.1. The number of aliphatic hydroxyl groups excluding tert-OH is 2. The van der Waals surface area contributed by atoms with E-state index in [0.29, 0.717) is 58.9 Å². The van der Waals surface area contributed by atoms with Gasteiger partial charge in [0.2, 0.25) is 0 Å². The smallest absolute Gasteiger partial charge is 0.326 e. The number of aliphatic carboxylic acids is 1. The Morgan fingerprint density at radius 2 is 1.33 bits per heavy atom. The van der Waals surface area contributed by atoms with Crippen LogP contribution in [0.25, 0.3) is 11.0 Å². The summed E-state index contributed by atoms with van der Waals surface area (Å²) in [5.74, 6) is 8.54. The summed E-state index contributed by atoms with van der Waals surface area (Å²) in [4.78, 5) is 61.6. The van der Waals surface area contributed by atoms with Gasteiger partial charge in [0.25, 0.3) is 5.91 Å². The number of carboxylic acids is 1. The van der Waals surface area contributed by atoms with E-state index in [9.17, 15) is 34.5 Å². The molecule has 0 spiro atoms. The number of nitrogens with two attached hydrogens (primary N) is 2. The fourth-order valence-corrected chi connectivity index (χ4v) is 20.7. The highest BCUT2D eigenvalue weighted by atomic mass is 16.7. The topological polar surface area (TPSA) is 290 Å². The first-order valence-corrected chi connectivity index (χ1v) is 47.9. The minimum atomic E-state index is -1.18. The number of hydrogen-bond donors (Lipinski definition) is 7. The van der Waals surface area contributed by atoms with Gasteiger partial charge in [-0.25, -0.2) is 14.8 Å². The molecule has 19 heteroatoms. The Kier molecular flexibility index (Phi) is 37.9. The van der Waals surface area contributed by atoms with Crippen LogP contribution in [0.3, 0.4) is 0 Å². The standard InChI is InChI=1S/C34H58O2.C33H58O2.C25H31N7O4.C12H24O4/c1-23(2)10-9-11-24(3)28-14-15-29-27-13-12-25-22-26(36-31(35)18-19-32(4,5)6)16-20-33(25,7)30(27)17-21-34(28,29)8;1-23(2)15-12-16-24(3)17-13-18-25(4)19-14-21-33(11)22-20-29-28(7)30(34-32(8,9)10)26(5)27(6)31(29)35-33;1-25(2,3)11-17(33)8-9-18(24(35)36)31-23(34)14-4-6-15(7-5-14)28-12-16-13-29-19-10-20(26)32-22(27)21(19)30-16;1-6-8-10(14)9(13)7(2)11(15-8)16-12(3,4)5/h12,23-24,26-30H,9-11,13-22H2,1-8H3;23-25H,12-22H2,1-11H3;4-7,10,13,18,28H,8-9,11-12H2,1-3H3,(H,31,34)(H,35,36)(H4,26,27,32);7-11,13-14H,6H2,1-5H3/t24-,26+,27+,28-,29+,30+,33+,34-;24?,25?,33-;18-;7-,8-,9-,10+,11+/m1101/s1. The average molecular weight is 1710 g/mol. The van der Waals surface area contributed by atoms with Crippen LogP contribution in [0.1, 0.15) is 378 Å². The molecular weight excluding hydrogens is 1540 g/mol. The number of hydrogen-bond acceptors (Lipinski definition) is 17. The lowest BCUT2D eigenvalue weighted by molar-refractivity contribution is -0.300. The summed E-state index contributed by atoms with van der Waals surface area (Å²) >= 11 is 0. The molecule has 4 aromatic rings. The summed E-state index contributed by atoms with van der Waals surface area (Å²) in [7, 11) is 0. The first kappa shape index (κ1) is 104. The Morgan fingerprint density at radius 3 is 1.92 bits per heavy atom. The highest BCUT2D eigenvalue weighted by Crippen LogP contribution is 2.68. The van der Waals surface area contributed by atoms with Crippen molar-refractivity contribution in [3.63, 3.8) is 0 Å². The predicted molar refractivity (Wildman–Crippen MR) is 503 cm³/mol. The molecule has 1 amide bonds. The minimum Gasteiger partial charge on any atom is -0.488 e. The molecule has 9 N–H and O–H groups in total. The van der Waals surface area contributed by atoms with Crippen molar-refractivity contribution < 1.29 is 58.2 Å². The van der Waals surface area contributed by atoms with Gasteiger partial charge in [-0.05, 0) is 275 Å². The Bertz CT molecular complexity index is 4070. The van der Waals surface area contributed by atoms with Crippen LogP contribution in [0.15, 0.2) is 48.2 Å². The highest BCUT2D eigenvalue weighted by Gasteiger charge is 2.59. The zero-order chi connectivity index (χ0) is 91.7. The number of nitrogen functional groups attached to an aromatic ring is 2. The quantitative estimate of drug-likeness (QED) is 0.0172. The number of ether oxygens (including phenoxy) is 5. The van der Waals surface area contributed by atoms with E-state index >= 15 is 0 Å². The summed E-state index contributed by atoms with van der Waals surface area (Å²) in [5, 5.41) is 34.8. The van der Waals surface area contributed by atoms with E-state index in [1.807, 2.05) is 55.4 Å². The lowest BCUT2D eigenvalue weighted by Crippen LogP contribution is -2.55. The number of esters is 1. The molecule has 2 aliphatic heterocycles. The number of pyridine rings is 1. The van der Waals surface area contributed by atoms with E-state index in [0.717, 1.165) is 109 Å². The van der Waals surface area contributed by atoms with Gasteiger partial charge in [-0.3, -0.25) is 19.4 Å². The average Bonchev–Trinajstić information content (AvgIpc) is 1.68. The fourth-order valence-electron chi connectivity index (χ4n) is 20.7. The van der Waals surface area contributed by atoms with Crippen LogP contribution in [0.2, 0.25) is 0 Å². The van der Waals surface area contributed by atoms with Gasteiger partial charge < -0.3 is 61.1 Å². The molecule has 0 bridgehead atoms. The van der Waals surface area contributed by atoms with Gasteiger partial charge in [-0.15, -0.1) is 0 Å². The maximum absolute atomic E-state index is 12.6. The molecule has 19 nitrogen and oxygen atoms in total. The van der Waals surface area contributed by atoms with Gasteiger partial charge in [0.1, 0.15) is 58.1 Å². The molecule has 4 aliphatic carbocycles. The number of amides is 1. The van der Waals surface area contributed by atoms with Crippen molar-refractivity contribution in [2.75, 3.05) is 16.8 Å². The van der Waals surface area contributed by atoms with Crippen molar-refractivity contribution in [3.8, 4) is 11.5 Å². The molecule has 2 aromatic carbocycles. The fraction of sp³-hybridized carbons (Fsp3) is 0.760. The number of rotatable bonds is 33. The first-order chi connectivity index (χ1) is 57.2. The number of aliphatic hydroxyl groups is 2. The number of benzene rings is 2. The van der Waals surface area contributed by atoms with Crippen LogP contribution in [-0.4, -0.2) is 107 Å². The molecule has 4 fully saturated rings. The van der Waals surface area contributed by atoms with Crippen molar-refractivity contribution >= 4 is 52.0 Å². The number of anilines is 3. The van der Waals surface area contributed by atoms with E-state index in [2.05, 4.69) is 163 Å². The predicted octanol–water partition coefficient (Wildman–Crippen LogP) is 24.1. The van der Waals surface area contributed by atoms with Gasteiger partial charge in [0.15, 0.2) is 12.1 Å². The molecule has 10 rings (SSSR count). The van der Waals surface area contributed by atoms with Crippen LogP contribution in [0.5, 0.6) is 11.5 Å². The number of carbonyl (C=O) groups is 4. The van der Waals surface area contributed by atoms with Gasteiger partial charge in [0.05, 0.1) is 41.8 Å². The summed E-state index contributed by atoms with van der Waals surface area (Å²) in [5.41, 5.74) is 21.3. The van der Waals surface area contributed by atoms with Gasteiger partial charge in [0, 0.05) is 54.5 Å². The Labute approximate surface area is 744 Å². The molecule has 123 heavy (non-hydrogen) atoms. The molecule has 694 valence electrons. The second kappa shape index (κ2) is 45.0. The van der Waals surface area contributed by atoms with E-state index < -0.39 is 36.4 Å². The molecular formula is C104H171N7O12. The van der Waals surface area contributed by atoms with Crippen LogP contribution in [0, 0.1) is 102 Å². The summed E-state index contributed by atoms with van der Waals surface area (Å²) in [6.07, 6.45) is 33.3. The molecule has 4 heterocycles. The highest BCUT2D eigenvalue weighted by molar-refractivity contribution is 5.97. The second-order valence-corrected chi connectivity index (χ2v) is 44.6. The zero-order valence-electron chi connectivity index (χ0n) is 81.8. The number of carbonyl (C=O) groups excluding carboxylic acids is 3. The van der Waals surface area contributed by atoms with Crippen molar-refractivity contribution in [1.82, 2.24) is 20.3 Å². The summed E-state index contributed by atoms with van der Waals surface area (Å²) < 4.78 is 30.6. The van der Waals surface area contributed by atoms with E-state index in [4.69, 9.17) is 35.2 Å². The number of ketones is 1. The number of Topliss-reactive ketones (excluding diaryl/α,β-unsaturated/α-hetero) is 1. The van der Waals surface area contributed by atoms with Crippen LogP contribution in [-0.2, 0) is 41.6 Å². The van der Waals surface area contributed by atoms with E-state index in [1.165, 1.54) is 131 Å². The van der Waals surface area contributed by atoms with Gasteiger partial charge >= 0.3 is 11.9 Å². The molecule has 0 radical (unpaired) electrons. The summed E-state index contributed by atoms with van der Waals surface area (Å²) in [6, 6.07) is 7.00. The number of nitrogens with one attached hydrogen (secondary N) is 2. The first-order valence-electron chi connectivity index (χ1n) is 47.9. The third kappa shape index (κ3) is 30.9. The van der Waals surface area contributed by atoms with Crippen molar-refractivity contribution in [2.24, 2.45) is 80.8 Å². The molecule has 2 unspecified atom stereocenters. The SMILES string of the molecule is CC(C)(C)CC(=O)CC[C@H](NC(=O)c1ccc(NCc2cnc3cc(N)nc(N)c3n2)cc1)C(=O)O.CC(C)CCC[C@@H](C)[C@H]1CC[C@H]2[C@@H]3CC=C4C[C@@H](OC(=O)CCC(C)(C)C)CC[C@]4(C)[C@H]3CC[C@]12C.CC[C@H]1O[C@@H](OC(C)(C)C)[C@H](C)[C@@H](O)[C@H]1O.Cc1c(C)c2c(c(C)c1OC(C)(C)C)CC[C@@](C)(CCCC(C)CCCC(C)CCCC(C)C)O2. The monoisotopic (exact) mass is 1710 g/mol. The third-order valence-electron chi connectivity index (χ3n) is 28.1. The molecule has 3 saturated carbocycles. The van der Waals surface area contributed by atoms with Crippen LogP contribution < -0.4 is 31.6 Å². The number of aromatic nitrogens is 3. The molecule has 17 atom stereocenters. The minimum absolute atomic E-state index is 0.0146. The maximum Gasteiger partial charge on any atom is 0.326 e. The lowest BCUT2D eigenvalue weighted by atomic mass is 9.47. The van der Waals surface area contributed by atoms with Crippen molar-refractivity contribution in [1.29, 1.82) is 0 Å². The maximum atomic E-state index is 12.6. The van der Waals surface area contributed by atoms with E-state index in [1.54, 1.807) is 42.1 Å². The normalized spacial score (nSPS) is 26.0. The number of allylic oxidation sites excluding steroid dienone is 1. The van der Waals surface area contributed by atoms with E-state index in [-0.39, 0.29) is 82.0 Å². The van der Waals surface area contributed by atoms with Gasteiger partial charge in [-0.1, -0.05) is 194 Å². The van der Waals surface area contributed by atoms with Crippen LogP contribution >= 0.6 is 0 Å². The van der Waals surface area contributed by atoms with Crippen LogP contribution in [0.4, 0.5) is 17.3 Å². The number of fused-ring (bicyclic) bond motifs is 7. The Morgan fingerprint density at radius 1 is 0.699 bits per heavy atom. The van der Waals surface area contributed by atoms with Crippen molar-refractivity contribution in [3.05, 3.63) is 81.7 Å². The lowest BCUT2D eigenvalue weighted by Gasteiger charge is -2.58. The largest absolute Gasteiger partial charge is 0.488 e.